The molecular formula is C16H18N6O3. The van der Waals surface area contributed by atoms with Crippen molar-refractivity contribution in [3.8, 4) is 11.4 Å². The molecule has 9 nitrogen and oxygen atoms in total. The number of aromatic nitrogens is 4. The van der Waals surface area contributed by atoms with Crippen LogP contribution in [0.4, 0.5) is 0 Å². The number of nitrogens with zero attached hydrogens (tertiary/aromatic N) is 5. The standard InChI is InChI=1S/C16H18N6O3/c1-21-12-8-22(9-13(12)25-7-6-14(21)23)16(24)11-5-3-2-4-10(11)15-17-19-20-18-15/h2-5,12-13H,6-9H2,1H3,(H,17,18,19,20)/t12-,13-/m0/s1. The fourth-order valence-corrected chi connectivity index (χ4v) is 3.43. The Labute approximate surface area is 143 Å². The van der Waals surface area contributed by atoms with Crippen molar-refractivity contribution in [3.63, 3.8) is 0 Å². The highest BCUT2D eigenvalue weighted by atomic mass is 16.5. The zero-order valence-corrected chi connectivity index (χ0v) is 13.8. The number of fused-ring (bicyclic) bond motifs is 1. The van der Waals surface area contributed by atoms with Crippen molar-refractivity contribution >= 4 is 11.8 Å². The molecule has 2 atom stereocenters. The van der Waals surface area contributed by atoms with Crippen LogP contribution in [0.25, 0.3) is 11.4 Å². The first-order valence-electron chi connectivity index (χ1n) is 8.14. The van der Waals surface area contributed by atoms with Crippen LogP contribution in [-0.4, -0.2) is 81.1 Å². The maximum atomic E-state index is 13.1. The monoisotopic (exact) mass is 342 g/mol. The number of benzene rings is 1. The number of nitrogens with one attached hydrogen (secondary N) is 1. The van der Waals surface area contributed by atoms with Gasteiger partial charge >= 0.3 is 0 Å². The van der Waals surface area contributed by atoms with E-state index < -0.39 is 0 Å². The summed E-state index contributed by atoms with van der Waals surface area (Å²) >= 11 is 0. The Hall–Kier alpha value is -2.81. The Balaban J connectivity index is 1.60. The van der Waals surface area contributed by atoms with E-state index in [2.05, 4.69) is 20.6 Å². The third-order valence-corrected chi connectivity index (χ3v) is 4.81. The number of hydrogen-bond donors (Lipinski definition) is 1. The summed E-state index contributed by atoms with van der Waals surface area (Å²) in [6, 6.07) is 7.05. The highest BCUT2D eigenvalue weighted by Crippen LogP contribution is 2.26. The molecule has 4 rings (SSSR count). The van der Waals surface area contributed by atoms with Crippen LogP contribution in [0.5, 0.6) is 0 Å². The number of likely N-dealkylation sites (N-methyl/N-ethyl adjacent to an activating group) is 1. The van der Waals surface area contributed by atoms with Crippen LogP contribution in [0, 0.1) is 0 Å². The van der Waals surface area contributed by atoms with E-state index in [0.29, 0.717) is 43.1 Å². The van der Waals surface area contributed by atoms with Crippen LogP contribution >= 0.6 is 0 Å². The van der Waals surface area contributed by atoms with Crippen molar-refractivity contribution in [1.29, 1.82) is 0 Å². The van der Waals surface area contributed by atoms with E-state index in [0.717, 1.165) is 0 Å². The molecule has 1 aromatic heterocycles. The second-order valence-corrected chi connectivity index (χ2v) is 6.22. The van der Waals surface area contributed by atoms with Gasteiger partial charge in [-0.1, -0.05) is 18.2 Å². The van der Waals surface area contributed by atoms with Crippen LogP contribution in [-0.2, 0) is 9.53 Å². The van der Waals surface area contributed by atoms with Gasteiger partial charge in [0.1, 0.15) is 0 Å². The number of carbonyl (C=O) groups is 2. The summed E-state index contributed by atoms with van der Waals surface area (Å²) in [6.45, 7) is 1.31. The summed E-state index contributed by atoms with van der Waals surface area (Å²) in [5, 5.41) is 13.9. The van der Waals surface area contributed by atoms with Crippen molar-refractivity contribution in [2.45, 2.75) is 18.6 Å². The Morgan fingerprint density at radius 2 is 2.16 bits per heavy atom. The first kappa shape index (κ1) is 15.7. The molecule has 0 saturated carbocycles. The van der Waals surface area contributed by atoms with Gasteiger partial charge in [-0.2, -0.15) is 5.21 Å². The molecule has 0 spiro atoms. The molecule has 2 aromatic rings. The molecule has 0 bridgehead atoms. The van der Waals surface area contributed by atoms with Crippen LogP contribution < -0.4 is 0 Å². The minimum absolute atomic E-state index is 0.0500. The van der Waals surface area contributed by atoms with Crippen molar-refractivity contribution < 1.29 is 14.3 Å². The first-order chi connectivity index (χ1) is 12.1. The zero-order valence-electron chi connectivity index (χ0n) is 13.8. The normalized spacial score (nSPS) is 23.5. The summed E-state index contributed by atoms with van der Waals surface area (Å²) in [5.41, 5.74) is 1.13. The van der Waals surface area contributed by atoms with E-state index in [1.54, 1.807) is 35.0 Å². The van der Waals surface area contributed by atoms with E-state index in [4.69, 9.17) is 4.74 Å². The maximum absolute atomic E-state index is 13.1. The Morgan fingerprint density at radius 1 is 1.32 bits per heavy atom. The molecule has 0 radical (unpaired) electrons. The van der Waals surface area contributed by atoms with Gasteiger partial charge < -0.3 is 14.5 Å². The largest absolute Gasteiger partial charge is 0.374 e. The average molecular weight is 342 g/mol. The predicted octanol–water partition coefficient (Wildman–Crippen LogP) is -0.0616. The predicted molar refractivity (Wildman–Crippen MR) is 86.4 cm³/mol. The Bertz CT molecular complexity index is 793. The van der Waals surface area contributed by atoms with Crippen LogP contribution in [0.3, 0.4) is 0 Å². The summed E-state index contributed by atoms with van der Waals surface area (Å²) in [5.74, 6) is 0.299. The van der Waals surface area contributed by atoms with Gasteiger partial charge in [0.15, 0.2) is 0 Å². The number of tetrazole rings is 1. The van der Waals surface area contributed by atoms with Crippen molar-refractivity contribution in [3.05, 3.63) is 29.8 Å². The number of H-pyrrole nitrogens is 1. The molecule has 1 N–H and O–H groups in total. The number of likely N-dealkylation sites (tertiary alicyclic amines) is 1. The van der Waals surface area contributed by atoms with E-state index in [9.17, 15) is 9.59 Å². The molecule has 0 aliphatic carbocycles. The number of ether oxygens (including phenoxy) is 1. The number of amides is 2. The SMILES string of the molecule is CN1C(=O)CCO[C@H]2CN(C(=O)c3ccccc3-c3nn[nH]n3)C[C@@H]21. The number of carbonyl (C=O) groups excluding carboxylic acids is 2. The summed E-state index contributed by atoms with van der Waals surface area (Å²) in [7, 11) is 1.77. The van der Waals surface area contributed by atoms with Gasteiger partial charge in [-0.25, -0.2) is 0 Å². The van der Waals surface area contributed by atoms with E-state index in [1.165, 1.54) is 0 Å². The van der Waals surface area contributed by atoms with Gasteiger partial charge in [0.2, 0.25) is 11.7 Å². The fraction of sp³-hybridized carbons (Fsp3) is 0.438. The van der Waals surface area contributed by atoms with E-state index in [1.807, 2.05) is 6.07 Å². The number of aromatic amines is 1. The van der Waals surface area contributed by atoms with Gasteiger partial charge in [-0.15, -0.1) is 10.2 Å². The molecule has 0 unspecified atom stereocenters. The first-order valence-corrected chi connectivity index (χ1v) is 8.14. The molecule has 3 heterocycles. The van der Waals surface area contributed by atoms with Crippen LogP contribution in [0.1, 0.15) is 16.8 Å². The fourth-order valence-electron chi connectivity index (χ4n) is 3.43. The quantitative estimate of drug-likeness (QED) is 0.820. The Morgan fingerprint density at radius 3 is 2.96 bits per heavy atom. The summed E-state index contributed by atoms with van der Waals surface area (Å²) in [6.07, 6.45) is 0.232. The Kier molecular flexibility index (Phi) is 3.92. The molecule has 130 valence electrons. The second kappa shape index (κ2) is 6.25. The molecule has 25 heavy (non-hydrogen) atoms. The molecule has 2 saturated heterocycles. The number of hydrogen-bond acceptors (Lipinski definition) is 6. The van der Waals surface area contributed by atoms with Gasteiger partial charge in [-0.3, -0.25) is 9.59 Å². The molecular weight excluding hydrogens is 324 g/mol. The minimum Gasteiger partial charge on any atom is -0.374 e. The van der Waals surface area contributed by atoms with Crippen LogP contribution in [0.15, 0.2) is 24.3 Å². The smallest absolute Gasteiger partial charge is 0.254 e. The molecule has 2 fully saturated rings. The van der Waals surface area contributed by atoms with Crippen molar-refractivity contribution in [1.82, 2.24) is 30.4 Å². The average Bonchev–Trinajstić information content (AvgIpc) is 3.28. The molecule has 2 aliphatic rings. The topological polar surface area (TPSA) is 104 Å². The highest BCUT2D eigenvalue weighted by Gasteiger charge is 2.42. The molecule has 2 amide bonds. The minimum atomic E-state index is -0.155. The highest BCUT2D eigenvalue weighted by molar-refractivity contribution is 6.00. The van der Waals surface area contributed by atoms with E-state index in [-0.39, 0.29) is 24.0 Å². The van der Waals surface area contributed by atoms with E-state index >= 15 is 0 Å². The van der Waals surface area contributed by atoms with Crippen LogP contribution in [0.2, 0.25) is 0 Å². The molecule has 2 aliphatic heterocycles. The lowest BCUT2D eigenvalue weighted by Gasteiger charge is -2.25. The lowest BCUT2D eigenvalue weighted by atomic mass is 10.1. The van der Waals surface area contributed by atoms with Crippen molar-refractivity contribution in [2.75, 3.05) is 26.7 Å². The lowest BCUT2D eigenvalue weighted by Crippen LogP contribution is -2.43. The summed E-state index contributed by atoms with van der Waals surface area (Å²) < 4.78 is 5.79. The maximum Gasteiger partial charge on any atom is 0.254 e. The number of rotatable bonds is 2. The summed E-state index contributed by atoms with van der Waals surface area (Å²) in [4.78, 5) is 28.5. The van der Waals surface area contributed by atoms with Gasteiger partial charge in [0.05, 0.1) is 30.7 Å². The lowest BCUT2D eigenvalue weighted by molar-refractivity contribution is -0.131. The van der Waals surface area contributed by atoms with Crippen molar-refractivity contribution in [2.24, 2.45) is 0 Å². The van der Waals surface area contributed by atoms with Gasteiger partial charge in [0, 0.05) is 25.7 Å². The van der Waals surface area contributed by atoms with Gasteiger partial charge in [0.25, 0.3) is 5.91 Å². The third kappa shape index (κ3) is 2.76. The molecule has 1 aromatic carbocycles. The molecule has 9 heteroatoms. The zero-order chi connectivity index (χ0) is 17.4. The third-order valence-electron chi connectivity index (χ3n) is 4.81. The second-order valence-electron chi connectivity index (χ2n) is 6.22. The van der Waals surface area contributed by atoms with Gasteiger partial charge in [-0.05, 0) is 11.3 Å².